The smallest absolute Gasteiger partial charge is 0.178 e. The summed E-state index contributed by atoms with van der Waals surface area (Å²) in [5.74, 6) is 0. The molecule has 0 spiro atoms. The van der Waals surface area contributed by atoms with Gasteiger partial charge in [-0.3, -0.25) is 0 Å². The van der Waals surface area contributed by atoms with Gasteiger partial charge < -0.3 is 0 Å². The van der Waals surface area contributed by atoms with Crippen molar-refractivity contribution in [1.82, 2.24) is 0 Å². The van der Waals surface area contributed by atoms with E-state index in [9.17, 15) is 0 Å². The second-order valence-corrected chi connectivity index (χ2v) is 2.37. The van der Waals surface area contributed by atoms with Crippen LogP contribution >= 0.6 is 24.0 Å². The predicted molar refractivity (Wildman–Crippen MR) is 52.5 cm³/mol. The summed E-state index contributed by atoms with van der Waals surface area (Å²) in [4.78, 5) is 0. The third-order valence-electron chi connectivity index (χ3n) is 1.73. The minimum absolute atomic E-state index is 0. The Bertz CT molecular complexity index is 200. The highest BCUT2D eigenvalue weighted by Crippen LogP contribution is 1.90. The van der Waals surface area contributed by atoms with Crippen LogP contribution in [0.3, 0.4) is 0 Å². The fraction of sp³-hybridized carbons (Fsp3) is 0.375. The third-order valence-corrected chi connectivity index (χ3v) is 1.73. The first-order valence-corrected chi connectivity index (χ1v) is 3.14. The molecule has 0 amide bonds. The van der Waals surface area contributed by atoms with Gasteiger partial charge >= 0.3 is 0 Å². The lowest BCUT2D eigenvalue weighted by molar-refractivity contribution is -0.683. The van der Waals surface area contributed by atoms with Gasteiger partial charge in [-0.25, -0.2) is 4.57 Å². The molecule has 1 aromatic heterocycles. The Hall–Kier alpha value is -0.120. The van der Waals surface area contributed by atoms with Crippen LogP contribution in [0.25, 0.3) is 0 Å². The van der Waals surface area contributed by atoms with Gasteiger partial charge in [-0.15, -0.1) is 24.0 Å². The van der Waals surface area contributed by atoms with Crippen LogP contribution in [-0.2, 0) is 7.05 Å². The Balaban J connectivity index is 0.000000810. The molecule has 1 rings (SSSR count). The average molecular weight is 250 g/mol. The maximum Gasteiger partial charge on any atom is 0.178 e. The van der Waals surface area contributed by atoms with Crippen molar-refractivity contribution in [1.29, 1.82) is 0 Å². The topological polar surface area (TPSA) is 3.88 Å². The number of hydrogen-bond acceptors (Lipinski definition) is 0. The number of aryl methyl sites for hydroxylation is 2. The molecule has 0 radical (unpaired) electrons. The van der Waals surface area contributed by atoms with Crippen molar-refractivity contribution in [3.63, 3.8) is 0 Å². The van der Waals surface area contributed by atoms with E-state index in [1.807, 2.05) is 0 Å². The summed E-state index contributed by atoms with van der Waals surface area (Å²) in [5, 5.41) is 0. The summed E-state index contributed by atoms with van der Waals surface area (Å²) in [5.41, 5.74) is 2.60. The quantitative estimate of drug-likeness (QED) is 0.488. The van der Waals surface area contributed by atoms with Gasteiger partial charge in [0.25, 0.3) is 0 Å². The van der Waals surface area contributed by atoms with E-state index in [1.54, 1.807) is 0 Å². The second-order valence-electron chi connectivity index (χ2n) is 2.37. The van der Waals surface area contributed by atoms with Crippen molar-refractivity contribution in [3.8, 4) is 0 Å². The second kappa shape index (κ2) is 3.91. The molecule has 0 aliphatic heterocycles. The Kier molecular flexibility index (Phi) is 3.86. The van der Waals surface area contributed by atoms with E-state index in [-0.39, 0.29) is 24.0 Å². The summed E-state index contributed by atoms with van der Waals surface area (Å²) < 4.78 is 2.17. The molecule has 0 fully saturated rings. The molecule has 0 aliphatic carbocycles. The zero-order valence-corrected chi connectivity index (χ0v) is 8.92. The Morgan fingerprint density at radius 3 is 1.80 bits per heavy atom. The molecular weight excluding hydrogens is 237 g/mol. The van der Waals surface area contributed by atoms with Gasteiger partial charge in [0.05, 0.1) is 0 Å². The zero-order chi connectivity index (χ0) is 6.85. The van der Waals surface area contributed by atoms with Gasteiger partial charge in [0.15, 0.2) is 11.4 Å². The lowest BCUT2D eigenvalue weighted by atomic mass is 10.3. The van der Waals surface area contributed by atoms with Crippen LogP contribution in [0, 0.1) is 13.8 Å². The minimum atomic E-state index is 0. The minimum Gasteiger partial charge on any atom is -0.203 e. The summed E-state index contributed by atoms with van der Waals surface area (Å²) >= 11 is 0. The van der Waals surface area contributed by atoms with Crippen LogP contribution in [0.4, 0.5) is 0 Å². The largest absolute Gasteiger partial charge is 0.203 e. The number of rotatable bonds is 0. The van der Waals surface area contributed by atoms with Gasteiger partial charge in [-0.2, -0.15) is 0 Å². The normalized spacial score (nSPS) is 8.70. The molecule has 1 heterocycles. The highest BCUT2D eigenvalue weighted by Gasteiger charge is 2.00. The van der Waals surface area contributed by atoms with Crippen molar-refractivity contribution in [3.05, 3.63) is 29.6 Å². The van der Waals surface area contributed by atoms with E-state index in [1.165, 1.54) is 11.4 Å². The molecule has 0 atom stereocenters. The number of hydrogen-bond donors (Lipinski definition) is 0. The molecule has 1 aromatic rings. The zero-order valence-electron chi connectivity index (χ0n) is 6.59. The Labute approximate surface area is 79.1 Å². The van der Waals surface area contributed by atoms with E-state index in [0.717, 1.165) is 0 Å². The van der Waals surface area contributed by atoms with Gasteiger partial charge in [-0.1, -0.05) is 0 Å². The SMILES string of the molecule is Cc1cccc(C)[n+]1C.I. The molecule has 0 unspecified atom stereocenters. The highest BCUT2D eigenvalue weighted by molar-refractivity contribution is 14.0. The van der Waals surface area contributed by atoms with Crippen LogP contribution in [0.5, 0.6) is 0 Å². The fourth-order valence-corrected chi connectivity index (χ4v) is 0.828. The van der Waals surface area contributed by atoms with Crippen molar-refractivity contribution in [2.45, 2.75) is 13.8 Å². The lowest BCUT2D eigenvalue weighted by Crippen LogP contribution is -2.34. The molecule has 0 aromatic carbocycles. The monoisotopic (exact) mass is 250 g/mol. The molecule has 0 bridgehead atoms. The fourth-order valence-electron chi connectivity index (χ4n) is 0.828. The van der Waals surface area contributed by atoms with E-state index < -0.39 is 0 Å². The first-order chi connectivity index (χ1) is 4.22. The van der Waals surface area contributed by atoms with Gasteiger partial charge in [0.2, 0.25) is 0 Å². The van der Waals surface area contributed by atoms with Gasteiger partial charge in [0.1, 0.15) is 7.05 Å². The third kappa shape index (κ3) is 1.94. The van der Waals surface area contributed by atoms with E-state index >= 15 is 0 Å². The van der Waals surface area contributed by atoms with Crippen LogP contribution in [0.15, 0.2) is 18.2 Å². The molecule has 56 valence electrons. The first kappa shape index (κ1) is 9.88. The maximum atomic E-state index is 2.17. The average Bonchev–Trinajstić information content (AvgIpc) is 1.83. The van der Waals surface area contributed by atoms with Gasteiger partial charge in [-0.05, 0) is 6.07 Å². The Morgan fingerprint density at radius 2 is 1.50 bits per heavy atom. The van der Waals surface area contributed by atoms with E-state index in [4.69, 9.17) is 0 Å². The number of nitrogens with zero attached hydrogens (tertiary/aromatic N) is 1. The van der Waals surface area contributed by atoms with Crippen molar-refractivity contribution in [2.24, 2.45) is 7.05 Å². The summed E-state index contributed by atoms with van der Waals surface area (Å²) in [6, 6.07) is 6.28. The maximum absolute atomic E-state index is 2.17. The summed E-state index contributed by atoms with van der Waals surface area (Å²) in [7, 11) is 2.07. The molecular formula is C8H13IN+. The number of pyridine rings is 1. The van der Waals surface area contributed by atoms with Crippen molar-refractivity contribution >= 4 is 24.0 Å². The lowest BCUT2D eigenvalue weighted by Gasteiger charge is -1.94. The van der Waals surface area contributed by atoms with Crippen LogP contribution < -0.4 is 4.57 Å². The van der Waals surface area contributed by atoms with Crippen LogP contribution in [-0.4, -0.2) is 0 Å². The molecule has 0 aliphatic rings. The highest BCUT2D eigenvalue weighted by atomic mass is 127. The van der Waals surface area contributed by atoms with Crippen LogP contribution in [0.1, 0.15) is 11.4 Å². The van der Waals surface area contributed by atoms with Gasteiger partial charge in [0, 0.05) is 26.0 Å². The standard InChI is InChI=1S/C8H12N.HI/c1-7-5-4-6-8(2)9(7)3;/h4-6H,1-3H3;1H/q+1;. The van der Waals surface area contributed by atoms with Crippen molar-refractivity contribution < 1.29 is 4.57 Å². The predicted octanol–water partition coefficient (Wildman–Crippen LogP) is 1.75. The van der Waals surface area contributed by atoms with Crippen molar-refractivity contribution in [2.75, 3.05) is 0 Å². The molecule has 0 saturated heterocycles. The first-order valence-electron chi connectivity index (χ1n) is 3.14. The number of aromatic nitrogens is 1. The summed E-state index contributed by atoms with van der Waals surface area (Å²) in [6.07, 6.45) is 0. The molecule has 0 saturated carbocycles. The molecule has 10 heavy (non-hydrogen) atoms. The summed E-state index contributed by atoms with van der Waals surface area (Å²) in [6.45, 7) is 4.21. The molecule has 0 N–H and O–H groups in total. The Morgan fingerprint density at radius 1 is 1.10 bits per heavy atom. The molecule has 2 heteroatoms. The van der Waals surface area contributed by atoms with E-state index in [0.29, 0.717) is 0 Å². The van der Waals surface area contributed by atoms with Crippen LogP contribution in [0.2, 0.25) is 0 Å². The molecule has 1 nitrogen and oxygen atoms in total. The van der Waals surface area contributed by atoms with E-state index in [2.05, 4.69) is 43.7 Å². The number of halogens is 1.